The molecular formula is C20H29NO3. The van der Waals surface area contributed by atoms with Crippen LogP contribution in [0.3, 0.4) is 0 Å². The van der Waals surface area contributed by atoms with Gasteiger partial charge < -0.3 is 14.7 Å². The van der Waals surface area contributed by atoms with Gasteiger partial charge in [0.2, 0.25) is 5.91 Å². The van der Waals surface area contributed by atoms with Crippen molar-refractivity contribution in [1.29, 1.82) is 0 Å². The average molecular weight is 331 g/mol. The van der Waals surface area contributed by atoms with Crippen LogP contribution < -0.4 is 0 Å². The number of hydrogen-bond donors (Lipinski definition) is 1. The first-order chi connectivity index (χ1) is 11.6. The number of piperidine rings is 1. The summed E-state index contributed by atoms with van der Waals surface area (Å²) in [5.74, 6) is 0.112. The first-order valence-electron chi connectivity index (χ1n) is 9.30. The minimum atomic E-state index is -0.754. The molecule has 132 valence electrons. The third-order valence-electron chi connectivity index (χ3n) is 5.39. The molecule has 1 saturated heterocycles. The van der Waals surface area contributed by atoms with Crippen molar-refractivity contribution in [3.05, 3.63) is 35.9 Å². The maximum absolute atomic E-state index is 12.5. The predicted molar refractivity (Wildman–Crippen MR) is 93.5 cm³/mol. The summed E-state index contributed by atoms with van der Waals surface area (Å²) >= 11 is 0. The zero-order valence-electron chi connectivity index (χ0n) is 14.5. The molecule has 2 aliphatic rings. The summed E-state index contributed by atoms with van der Waals surface area (Å²) in [6, 6.07) is 10.2. The molecule has 0 bridgehead atoms. The highest BCUT2D eigenvalue weighted by molar-refractivity contribution is 5.77. The van der Waals surface area contributed by atoms with E-state index in [4.69, 9.17) is 4.74 Å². The summed E-state index contributed by atoms with van der Waals surface area (Å²) in [4.78, 5) is 14.4. The monoisotopic (exact) mass is 331 g/mol. The molecule has 3 rings (SSSR count). The Balaban J connectivity index is 1.40. The van der Waals surface area contributed by atoms with Gasteiger partial charge in [0.1, 0.15) is 0 Å². The van der Waals surface area contributed by atoms with Crippen molar-refractivity contribution in [2.75, 3.05) is 13.1 Å². The summed E-state index contributed by atoms with van der Waals surface area (Å²) in [5.41, 5.74) is 0.436. The Morgan fingerprint density at radius 3 is 2.46 bits per heavy atom. The van der Waals surface area contributed by atoms with Crippen molar-refractivity contribution in [3.8, 4) is 0 Å². The van der Waals surface area contributed by atoms with Gasteiger partial charge in [-0.3, -0.25) is 4.79 Å². The van der Waals surface area contributed by atoms with Crippen LogP contribution in [0, 0.1) is 0 Å². The van der Waals surface area contributed by atoms with Crippen molar-refractivity contribution in [2.45, 2.75) is 69.7 Å². The fraction of sp³-hybridized carbons (Fsp3) is 0.650. The number of amides is 1. The smallest absolute Gasteiger partial charge is 0.225 e. The lowest BCUT2D eigenvalue weighted by molar-refractivity contribution is -0.140. The number of benzene rings is 1. The Bertz CT molecular complexity index is 517. The zero-order valence-corrected chi connectivity index (χ0v) is 14.5. The van der Waals surface area contributed by atoms with Crippen LogP contribution >= 0.6 is 0 Å². The first-order valence-corrected chi connectivity index (χ1v) is 9.30. The van der Waals surface area contributed by atoms with E-state index >= 15 is 0 Å². The predicted octanol–water partition coefficient (Wildman–Crippen LogP) is 3.28. The van der Waals surface area contributed by atoms with Gasteiger partial charge >= 0.3 is 0 Å². The van der Waals surface area contributed by atoms with Gasteiger partial charge in [-0.1, -0.05) is 49.6 Å². The number of hydrogen-bond acceptors (Lipinski definition) is 3. The molecule has 1 heterocycles. The van der Waals surface area contributed by atoms with Crippen molar-refractivity contribution < 1.29 is 14.6 Å². The SMILES string of the molecule is O=C(CC1(O)CCCCC1)N1CCC(OCc2ccccc2)CC1. The highest BCUT2D eigenvalue weighted by Gasteiger charge is 2.34. The van der Waals surface area contributed by atoms with E-state index in [1.54, 1.807) is 0 Å². The van der Waals surface area contributed by atoms with Gasteiger partial charge in [0, 0.05) is 13.1 Å². The van der Waals surface area contributed by atoms with Gasteiger partial charge in [-0.2, -0.15) is 0 Å². The summed E-state index contributed by atoms with van der Waals surface area (Å²) in [6.45, 7) is 2.13. The number of likely N-dealkylation sites (tertiary alicyclic amines) is 1. The minimum Gasteiger partial charge on any atom is -0.389 e. The van der Waals surface area contributed by atoms with Gasteiger partial charge in [0.15, 0.2) is 0 Å². The molecule has 1 aliphatic heterocycles. The van der Waals surface area contributed by atoms with Crippen LogP contribution in [0.25, 0.3) is 0 Å². The van der Waals surface area contributed by atoms with E-state index in [9.17, 15) is 9.90 Å². The Morgan fingerprint density at radius 2 is 1.79 bits per heavy atom. The highest BCUT2D eigenvalue weighted by Crippen LogP contribution is 2.31. The van der Waals surface area contributed by atoms with E-state index in [0.29, 0.717) is 13.0 Å². The number of nitrogens with zero attached hydrogens (tertiary/aromatic N) is 1. The molecule has 4 nitrogen and oxygen atoms in total. The van der Waals surface area contributed by atoms with Crippen LogP contribution in [0.5, 0.6) is 0 Å². The lowest BCUT2D eigenvalue weighted by Crippen LogP contribution is -2.45. The highest BCUT2D eigenvalue weighted by atomic mass is 16.5. The maximum atomic E-state index is 12.5. The van der Waals surface area contributed by atoms with Gasteiger partial charge in [-0.15, -0.1) is 0 Å². The number of ether oxygens (including phenoxy) is 1. The molecule has 0 radical (unpaired) electrons. The Hall–Kier alpha value is -1.39. The van der Waals surface area contributed by atoms with Crippen LogP contribution in [0.15, 0.2) is 30.3 Å². The number of aliphatic hydroxyl groups is 1. The van der Waals surface area contributed by atoms with Crippen LogP contribution in [-0.2, 0) is 16.1 Å². The zero-order chi connectivity index (χ0) is 16.8. The van der Waals surface area contributed by atoms with Crippen molar-refractivity contribution in [3.63, 3.8) is 0 Å². The van der Waals surface area contributed by atoms with Gasteiger partial charge in [0.25, 0.3) is 0 Å². The largest absolute Gasteiger partial charge is 0.389 e. The fourth-order valence-electron chi connectivity index (χ4n) is 3.84. The number of rotatable bonds is 5. The Morgan fingerprint density at radius 1 is 1.12 bits per heavy atom. The molecule has 1 aromatic carbocycles. The fourth-order valence-corrected chi connectivity index (χ4v) is 3.84. The normalized spacial score (nSPS) is 21.6. The van der Waals surface area contributed by atoms with E-state index in [0.717, 1.165) is 51.6 Å². The quantitative estimate of drug-likeness (QED) is 0.901. The number of carbonyl (C=O) groups is 1. The van der Waals surface area contributed by atoms with E-state index in [-0.39, 0.29) is 12.0 Å². The lowest BCUT2D eigenvalue weighted by atomic mass is 9.82. The molecule has 1 N–H and O–H groups in total. The topological polar surface area (TPSA) is 49.8 Å². The van der Waals surface area contributed by atoms with Crippen molar-refractivity contribution >= 4 is 5.91 Å². The summed E-state index contributed by atoms with van der Waals surface area (Å²) < 4.78 is 5.98. The third-order valence-corrected chi connectivity index (χ3v) is 5.39. The van der Waals surface area contributed by atoms with E-state index in [1.807, 2.05) is 23.1 Å². The van der Waals surface area contributed by atoms with E-state index in [2.05, 4.69) is 12.1 Å². The average Bonchev–Trinajstić information content (AvgIpc) is 2.61. The van der Waals surface area contributed by atoms with E-state index < -0.39 is 5.60 Å². The van der Waals surface area contributed by atoms with Gasteiger partial charge in [-0.25, -0.2) is 0 Å². The summed E-state index contributed by atoms with van der Waals surface area (Å²) in [7, 11) is 0. The minimum absolute atomic E-state index is 0.112. The van der Waals surface area contributed by atoms with Gasteiger partial charge in [-0.05, 0) is 31.2 Å². The molecule has 2 fully saturated rings. The lowest BCUT2D eigenvalue weighted by Gasteiger charge is -2.36. The molecule has 4 heteroatoms. The molecule has 1 aliphatic carbocycles. The molecule has 0 aromatic heterocycles. The van der Waals surface area contributed by atoms with Crippen LogP contribution in [0.1, 0.15) is 56.9 Å². The van der Waals surface area contributed by atoms with Crippen LogP contribution in [0.2, 0.25) is 0 Å². The van der Waals surface area contributed by atoms with Crippen LogP contribution in [0.4, 0.5) is 0 Å². The van der Waals surface area contributed by atoms with E-state index in [1.165, 1.54) is 12.0 Å². The van der Waals surface area contributed by atoms with Crippen molar-refractivity contribution in [2.24, 2.45) is 0 Å². The van der Waals surface area contributed by atoms with Crippen LogP contribution in [-0.4, -0.2) is 40.7 Å². The standard InChI is InChI=1S/C20H29NO3/c22-19(15-20(23)11-5-2-6-12-20)21-13-9-18(10-14-21)24-16-17-7-3-1-4-8-17/h1,3-4,7-8,18,23H,2,5-6,9-16H2. The third kappa shape index (κ3) is 4.81. The second-order valence-corrected chi connectivity index (χ2v) is 7.34. The molecule has 1 amide bonds. The van der Waals surface area contributed by atoms with Crippen molar-refractivity contribution in [1.82, 2.24) is 4.90 Å². The number of carbonyl (C=O) groups excluding carboxylic acids is 1. The first kappa shape index (κ1) is 17.4. The summed E-state index contributed by atoms with van der Waals surface area (Å²) in [6.07, 6.45) is 7.10. The Labute approximate surface area is 144 Å². The summed E-state index contributed by atoms with van der Waals surface area (Å²) in [5, 5.41) is 10.6. The molecule has 0 spiro atoms. The molecular weight excluding hydrogens is 302 g/mol. The molecule has 1 saturated carbocycles. The molecule has 0 atom stereocenters. The Kier molecular flexibility index (Phi) is 5.90. The second kappa shape index (κ2) is 8.13. The molecule has 24 heavy (non-hydrogen) atoms. The second-order valence-electron chi connectivity index (χ2n) is 7.34. The maximum Gasteiger partial charge on any atom is 0.225 e. The molecule has 0 unspecified atom stereocenters. The molecule has 1 aromatic rings. The van der Waals surface area contributed by atoms with Gasteiger partial charge in [0.05, 0.1) is 24.7 Å².